The molecule has 3 aromatic rings. The zero-order valence-electron chi connectivity index (χ0n) is 14.7. The second-order valence-electron chi connectivity index (χ2n) is 6.13. The number of anilines is 1. The van der Waals surface area contributed by atoms with Gasteiger partial charge in [0, 0.05) is 17.8 Å². The van der Waals surface area contributed by atoms with E-state index in [1.807, 2.05) is 43.3 Å². The predicted molar refractivity (Wildman–Crippen MR) is 103 cm³/mol. The number of aliphatic carboxylic acids is 1. The Morgan fingerprint density at radius 2 is 1.81 bits per heavy atom. The monoisotopic (exact) mass is 362 g/mol. The number of hydrogen-bond donors (Lipinski definition) is 2. The third kappa shape index (κ3) is 4.30. The summed E-state index contributed by atoms with van der Waals surface area (Å²) in [5.41, 5.74) is 3.44. The van der Waals surface area contributed by atoms with Crippen LogP contribution < -0.4 is 10.9 Å². The fraction of sp³-hybridized carbons (Fsp3) is 0.0952. The molecule has 2 N–H and O–H groups in total. The van der Waals surface area contributed by atoms with Crippen molar-refractivity contribution in [3.05, 3.63) is 88.3 Å². The number of hydrogen-bond acceptors (Lipinski definition) is 3. The number of nitrogens with zero attached hydrogens (tertiary/aromatic N) is 1. The van der Waals surface area contributed by atoms with E-state index < -0.39 is 18.1 Å². The van der Waals surface area contributed by atoms with Gasteiger partial charge in [0.1, 0.15) is 6.54 Å². The minimum atomic E-state index is -1.13. The molecular formula is C21H18N2O4. The van der Waals surface area contributed by atoms with Crippen LogP contribution in [-0.4, -0.2) is 21.6 Å². The Bertz CT molecular complexity index is 1070. The number of aryl methyl sites for hydroxylation is 1. The summed E-state index contributed by atoms with van der Waals surface area (Å²) in [5.74, 6) is -1.47. The summed E-state index contributed by atoms with van der Waals surface area (Å²) < 4.78 is 1.03. The quantitative estimate of drug-likeness (QED) is 0.730. The maximum Gasteiger partial charge on any atom is 0.323 e. The van der Waals surface area contributed by atoms with E-state index in [9.17, 15) is 14.4 Å². The SMILES string of the molecule is Cc1ccccc1-c1cccc(C(=O)Nc2ccc(=O)n(CC(=O)O)c2)c1. The largest absolute Gasteiger partial charge is 0.480 e. The lowest BCUT2D eigenvalue weighted by Gasteiger charge is -2.10. The van der Waals surface area contributed by atoms with Crippen LogP contribution in [0.1, 0.15) is 15.9 Å². The van der Waals surface area contributed by atoms with Crippen LogP contribution in [0.15, 0.2) is 71.7 Å². The molecular weight excluding hydrogens is 344 g/mol. The average molecular weight is 362 g/mol. The van der Waals surface area contributed by atoms with Crippen molar-refractivity contribution in [2.45, 2.75) is 13.5 Å². The van der Waals surface area contributed by atoms with Gasteiger partial charge < -0.3 is 15.0 Å². The van der Waals surface area contributed by atoms with Gasteiger partial charge in [0.15, 0.2) is 0 Å². The van der Waals surface area contributed by atoms with Gasteiger partial charge in [-0.05, 0) is 41.8 Å². The van der Waals surface area contributed by atoms with Crippen LogP contribution >= 0.6 is 0 Å². The Balaban J connectivity index is 1.85. The van der Waals surface area contributed by atoms with E-state index >= 15 is 0 Å². The van der Waals surface area contributed by atoms with Gasteiger partial charge in [-0.2, -0.15) is 0 Å². The van der Waals surface area contributed by atoms with Crippen LogP contribution in [0.2, 0.25) is 0 Å². The summed E-state index contributed by atoms with van der Waals surface area (Å²) in [6, 6.07) is 17.8. The van der Waals surface area contributed by atoms with Crippen molar-refractivity contribution in [3.63, 3.8) is 0 Å². The summed E-state index contributed by atoms with van der Waals surface area (Å²) in [7, 11) is 0. The highest BCUT2D eigenvalue weighted by atomic mass is 16.4. The van der Waals surface area contributed by atoms with E-state index in [2.05, 4.69) is 5.32 Å². The topological polar surface area (TPSA) is 88.4 Å². The van der Waals surface area contributed by atoms with Crippen molar-refractivity contribution in [1.82, 2.24) is 4.57 Å². The highest BCUT2D eigenvalue weighted by Crippen LogP contribution is 2.24. The number of carbonyl (C=O) groups is 2. The predicted octanol–water partition coefficient (Wildman–Crippen LogP) is 3.16. The Labute approximate surface area is 155 Å². The molecule has 0 aliphatic carbocycles. The van der Waals surface area contributed by atoms with E-state index in [1.54, 1.807) is 12.1 Å². The van der Waals surface area contributed by atoms with Gasteiger partial charge >= 0.3 is 5.97 Å². The Kier molecular flexibility index (Phi) is 5.17. The van der Waals surface area contributed by atoms with Gasteiger partial charge in [0.2, 0.25) is 0 Å². The number of aromatic nitrogens is 1. The molecule has 3 rings (SSSR count). The Hall–Kier alpha value is -3.67. The Morgan fingerprint density at radius 3 is 2.56 bits per heavy atom. The summed E-state index contributed by atoms with van der Waals surface area (Å²) in [6.07, 6.45) is 1.32. The van der Waals surface area contributed by atoms with E-state index in [0.717, 1.165) is 21.3 Å². The van der Waals surface area contributed by atoms with Crippen LogP contribution in [0.4, 0.5) is 5.69 Å². The van der Waals surface area contributed by atoms with Gasteiger partial charge in [-0.25, -0.2) is 0 Å². The van der Waals surface area contributed by atoms with Gasteiger partial charge in [-0.3, -0.25) is 14.4 Å². The number of carboxylic acids is 1. The number of pyridine rings is 1. The van der Waals surface area contributed by atoms with E-state index in [-0.39, 0.29) is 5.91 Å². The molecule has 2 aromatic carbocycles. The third-order valence-electron chi connectivity index (χ3n) is 4.13. The molecule has 0 unspecified atom stereocenters. The fourth-order valence-electron chi connectivity index (χ4n) is 2.80. The summed E-state index contributed by atoms with van der Waals surface area (Å²) in [6.45, 7) is 1.54. The average Bonchev–Trinajstić information content (AvgIpc) is 2.64. The molecule has 0 saturated heterocycles. The molecule has 6 heteroatoms. The first-order chi connectivity index (χ1) is 12.9. The maximum atomic E-state index is 12.6. The first-order valence-electron chi connectivity index (χ1n) is 8.34. The first-order valence-corrected chi connectivity index (χ1v) is 8.34. The second-order valence-corrected chi connectivity index (χ2v) is 6.13. The molecule has 1 heterocycles. The molecule has 1 amide bonds. The summed E-state index contributed by atoms with van der Waals surface area (Å²) in [4.78, 5) is 35.1. The van der Waals surface area contributed by atoms with Crippen LogP contribution in [-0.2, 0) is 11.3 Å². The molecule has 0 fully saturated rings. The molecule has 0 aliphatic rings. The molecule has 0 radical (unpaired) electrons. The van der Waals surface area contributed by atoms with Crippen LogP contribution in [0, 0.1) is 6.92 Å². The number of amides is 1. The molecule has 0 bridgehead atoms. The zero-order valence-corrected chi connectivity index (χ0v) is 14.7. The number of benzene rings is 2. The molecule has 6 nitrogen and oxygen atoms in total. The fourth-order valence-corrected chi connectivity index (χ4v) is 2.80. The van der Waals surface area contributed by atoms with Gasteiger partial charge in [-0.15, -0.1) is 0 Å². The highest BCUT2D eigenvalue weighted by Gasteiger charge is 2.10. The van der Waals surface area contributed by atoms with Gasteiger partial charge in [0.05, 0.1) is 5.69 Å². The molecule has 136 valence electrons. The van der Waals surface area contributed by atoms with Crippen molar-refractivity contribution in [1.29, 1.82) is 0 Å². The smallest absolute Gasteiger partial charge is 0.323 e. The lowest BCUT2D eigenvalue weighted by Crippen LogP contribution is -2.24. The van der Waals surface area contributed by atoms with Crippen molar-refractivity contribution in [2.75, 3.05) is 5.32 Å². The van der Waals surface area contributed by atoms with E-state index in [0.29, 0.717) is 11.3 Å². The minimum Gasteiger partial charge on any atom is -0.480 e. The van der Waals surface area contributed by atoms with Crippen molar-refractivity contribution >= 4 is 17.6 Å². The van der Waals surface area contributed by atoms with Crippen LogP contribution in [0.25, 0.3) is 11.1 Å². The van der Waals surface area contributed by atoms with Gasteiger partial charge in [-0.1, -0.05) is 36.4 Å². The van der Waals surface area contributed by atoms with Crippen LogP contribution in [0.5, 0.6) is 0 Å². The molecule has 0 atom stereocenters. The molecule has 0 spiro atoms. The van der Waals surface area contributed by atoms with Crippen molar-refractivity contribution < 1.29 is 14.7 Å². The van der Waals surface area contributed by atoms with Crippen molar-refractivity contribution in [2.24, 2.45) is 0 Å². The number of carbonyl (C=O) groups excluding carboxylic acids is 1. The van der Waals surface area contributed by atoms with E-state index in [4.69, 9.17) is 5.11 Å². The minimum absolute atomic E-state index is 0.342. The third-order valence-corrected chi connectivity index (χ3v) is 4.13. The normalized spacial score (nSPS) is 10.4. The zero-order chi connectivity index (χ0) is 19.4. The Morgan fingerprint density at radius 1 is 1.04 bits per heavy atom. The first kappa shape index (κ1) is 18.1. The van der Waals surface area contributed by atoms with Crippen LogP contribution in [0.3, 0.4) is 0 Å². The van der Waals surface area contributed by atoms with Crippen molar-refractivity contribution in [3.8, 4) is 11.1 Å². The lowest BCUT2D eigenvalue weighted by molar-refractivity contribution is -0.137. The summed E-state index contributed by atoms with van der Waals surface area (Å²) >= 11 is 0. The lowest BCUT2D eigenvalue weighted by atomic mass is 9.99. The van der Waals surface area contributed by atoms with Gasteiger partial charge in [0.25, 0.3) is 11.5 Å². The molecule has 27 heavy (non-hydrogen) atoms. The number of rotatable bonds is 5. The standard InChI is InChI=1S/C21H18N2O4/c1-14-5-2-3-8-18(14)15-6-4-7-16(11-15)21(27)22-17-9-10-19(24)23(12-17)13-20(25)26/h2-12H,13H2,1H3,(H,22,27)(H,25,26). The highest BCUT2D eigenvalue weighted by molar-refractivity contribution is 6.04. The van der Waals surface area contributed by atoms with E-state index in [1.165, 1.54) is 18.3 Å². The summed E-state index contributed by atoms with van der Waals surface area (Å²) in [5, 5.41) is 11.6. The number of nitrogens with one attached hydrogen (secondary N) is 1. The second kappa shape index (κ2) is 7.70. The number of carboxylic acid groups (broad SMARTS) is 1. The molecule has 1 aromatic heterocycles. The molecule has 0 saturated carbocycles. The molecule has 0 aliphatic heterocycles. The maximum absolute atomic E-state index is 12.6.